The van der Waals surface area contributed by atoms with Crippen molar-refractivity contribution in [2.75, 3.05) is 13.7 Å². The van der Waals surface area contributed by atoms with Gasteiger partial charge in [0.05, 0.1) is 18.2 Å². The van der Waals surface area contributed by atoms with Crippen molar-refractivity contribution in [3.05, 3.63) is 0 Å². The average molecular weight is 402 g/mol. The zero-order valence-corrected chi connectivity index (χ0v) is 18.5. The quantitative estimate of drug-likeness (QED) is 0.714. The number of rotatable bonds is 3. The molecule has 2 saturated heterocycles. The van der Waals surface area contributed by atoms with E-state index in [1.54, 1.807) is 12.0 Å². The molecule has 0 aromatic heterocycles. The van der Waals surface area contributed by atoms with Crippen LogP contribution in [-0.2, 0) is 18.9 Å². The minimum Gasteiger partial charge on any atom is -0.444 e. The molecule has 0 bridgehead atoms. The number of hydrogen-bond donors (Lipinski definition) is 0. The second-order valence-corrected chi connectivity index (χ2v) is 10.0. The van der Waals surface area contributed by atoms with Crippen LogP contribution in [0.2, 0.25) is 0 Å². The van der Waals surface area contributed by atoms with E-state index in [4.69, 9.17) is 18.9 Å². The number of methoxy groups -OCH3 is 1. The summed E-state index contributed by atoms with van der Waals surface area (Å²) in [6.45, 7) is 13.3. The van der Waals surface area contributed by atoms with Gasteiger partial charge in [-0.1, -0.05) is 6.92 Å². The highest BCUT2D eigenvalue weighted by Crippen LogP contribution is 2.58. The van der Waals surface area contributed by atoms with Gasteiger partial charge in [-0.3, -0.25) is 4.90 Å². The number of halogens is 1. The molecule has 1 saturated carbocycles. The first-order valence-corrected chi connectivity index (χ1v) is 10.4. The molecular weight excluding hydrogens is 365 g/mol. The van der Waals surface area contributed by atoms with Crippen LogP contribution < -0.4 is 0 Å². The molecule has 2 heterocycles. The number of fused-ring (bicyclic) bond motifs is 1. The molecule has 6 nitrogen and oxygen atoms in total. The largest absolute Gasteiger partial charge is 0.444 e. The van der Waals surface area contributed by atoms with Gasteiger partial charge in [-0.2, -0.15) is 0 Å². The number of ether oxygens (including phenoxy) is 4. The third-order valence-corrected chi connectivity index (χ3v) is 6.69. The van der Waals surface area contributed by atoms with Crippen LogP contribution in [0.25, 0.3) is 0 Å². The normalized spacial score (nSPS) is 37.3. The van der Waals surface area contributed by atoms with Crippen LogP contribution in [0.15, 0.2) is 0 Å². The summed E-state index contributed by atoms with van der Waals surface area (Å²) in [4.78, 5) is 14.7. The number of carbonyl (C=O) groups excluding carboxylic acids is 1. The van der Waals surface area contributed by atoms with Crippen LogP contribution in [0.5, 0.6) is 0 Å². The molecule has 1 amide bonds. The maximum absolute atomic E-state index is 15.3. The van der Waals surface area contributed by atoms with Crippen LogP contribution in [0, 0.1) is 5.92 Å². The molecule has 0 aromatic rings. The van der Waals surface area contributed by atoms with Gasteiger partial charge in [0.1, 0.15) is 23.5 Å². The molecule has 5 atom stereocenters. The number of amides is 1. The monoisotopic (exact) mass is 401 g/mol. The summed E-state index contributed by atoms with van der Waals surface area (Å²) in [5.41, 5.74) is -1.94. The number of nitrogens with zero attached hydrogens (tertiary/aromatic N) is 1. The van der Waals surface area contributed by atoms with Crippen molar-refractivity contribution in [3.63, 3.8) is 0 Å². The van der Waals surface area contributed by atoms with Crippen LogP contribution in [0.1, 0.15) is 67.7 Å². The van der Waals surface area contributed by atoms with Crippen molar-refractivity contribution in [2.45, 2.75) is 109 Å². The minimum absolute atomic E-state index is 0.329. The van der Waals surface area contributed by atoms with Crippen LogP contribution >= 0.6 is 0 Å². The predicted molar refractivity (Wildman–Crippen MR) is 103 cm³/mol. The lowest BCUT2D eigenvalue weighted by atomic mass is 9.77. The Labute approximate surface area is 168 Å². The summed E-state index contributed by atoms with van der Waals surface area (Å²) in [5.74, 6) is -1.47. The van der Waals surface area contributed by atoms with Crippen LogP contribution in [0.3, 0.4) is 0 Å². The number of piperidine rings is 1. The zero-order chi connectivity index (χ0) is 21.1. The maximum atomic E-state index is 15.3. The van der Waals surface area contributed by atoms with Crippen LogP contribution in [-0.4, -0.2) is 65.6 Å². The molecule has 0 aromatic carbocycles. The molecule has 1 spiro atoms. The molecule has 7 heteroatoms. The summed E-state index contributed by atoms with van der Waals surface area (Å²) in [6.07, 6.45) is -0.576. The van der Waals surface area contributed by atoms with Gasteiger partial charge in [0, 0.05) is 13.0 Å². The Morgan fingerprint density at radius 2 is 1.86 bits per heavy atom. The van der Waals surface area contributed by atoms with E-state index in [1.807, 2.05) is 48.5 Å². The fourth-order valence-corrected chi connectivity index (χ4v) is 4.72. The van der Waals surface area contributed by atoms with Gasteiger partial charge in [0.25, 0.3) is 0 Å². The van der Waals surface area contributed by atoms with Crippen molar-refractivity contribution < 1.29 is 28.1 Å². The highest BCUT2D eigenvalue weighted by Gasteiger charge is 2.69. The summed E-state index contributed by atoms with van der Waals surface area (Å²) < 4.78 is 39.4. The molecule has 162 valence electrons. The minimum atomic E-state index is -1.11. The standard InChI is InChI=1S/C21H36FNO5/c1-9-13(22)15-16-14(26-19(5,6)20(7,25-8)27-16)12-23(21(15)10-11-21)17(24)28-18(2,3)4/h13-16H,9-12H2,1-8H3/t13?,14-,15-,16+,20+/m1/s1. The molecule has 3 fully saturated rings. The average Bonchev–Trinajstić information content (AvgIpc) is 3.34. The van der Waals surface area contributed by atoms with E-state index < -0.39 is 52.9 Å². The highest BCUT2D eigenvalue weighted by molar-refractivity contribution is 5.70. The molecule has 28 heavy (non-hydrogen) atoms. The summed E-state index contributed by atoms with van der Waals surface area (Å²) in [6, 6.07) is 0. The van der Waals surface area contributed by atoms with Crippen molar-refractivity contribution in [2.24, 2.45) is 5.92 Å². The Balaban J connectivity index is 1.97. The molecule has 1 aliphatic carbocycles. The molecule has 0 radical (unpaired) electrons. The first kappa shape index (κ1) is 21.8. The summed E-state index contributed by atoms with van der Waals surface area (Å²) in [5, 5.41) is 0. The molecule has 0 N–H and O–H groups in total. The van der Waals surface area contributed by atoms with Crippen molar-refractivity contribution in [1.29, 1.82) is 0 Å². The van der Waals surface area contributed by atoms with E-state index in [1.165, 1.54) is 0 Å². The van der Waals surface area contributed by atoms with Gasteiger partial charge in [-0.15, -0.1) is 0 Å². The first-order valence-electron chi connectivity index (χ1n) is 10.4. The van der Waals surface area contributed by atoms with Crippen molar-refractivity contribution >= 4 is 6.09 Å². The molecular formula is C21H36FNO5. The van der Waals surface area contributed by atoms with E-state index in [2.05, 4.69) is 0 Å². The van der Waals surface area contributed by atoms with Crippen molar-refractivity contribution in [1.82, 2.24) is 4.90 Å². The third-order valence-electron chi connectivity index (χ3n) is 6.69. The molecule has 1 unspecified atom stereocenters. The van der Waals surface area contributed by atoms with E-state index >= 15 is 4.39 Å². The predicted octanol–water partition coefficient (Wildman–Crippen LogP) is 4.06. The van der Waals surface area contributed by atoms with Gasteiger partial charge in [0.15, 0.2) is 5.79 Å². The van der Waals surface area contributed by atoms with Crippen molar-refractivity contribution in [3.8, 4) is 0 Å². The smallest absolute Gasteiger partial charge is 0.410 e. The van der Waals surface area contributed by atoms with Gasteiger partial charge in [-0.05, 0) is 60.8 Å². The Kier molecular flexibility index (Phi) is 5.30. The zero-order valence-electron chi connectivity index (χ0n) is 18.5. The Hall–Kier alpha value is -0.920. The Morgan fingerprint density at radius 1 is 1.25 bits per heavy atom. The number of alkyl halides is 1. The van der Waals surface area contributed by atoms with E-state index in [9.17, 15) is 4.79 Å². The fraction of sp³-hybridized carbons (Fsp3) is 0.952. The Morgan fingerprint density at radius 3 is 2.32 bits per heavy atom. The third kappa shape index (κ3) is 3.43. The topological polar surface area (TPSA) is 57.2 Å². The number of hydrogen-bond acceptors (Lipinski definition) is 5. The second-order valence-electron chi connectivity index (χ2n) is 10.0. The number of carbonyl (C=O) groups is 1. The summed E-state index contributed by atoms with van der Waals surface area (Å²) >= 11 is 0. The maximum Gasteiger partial charge on any atom is 0.410 e. The highest BCUT2D eigenvalue weighted by atomic mass is 19.1. The first-order chi connectivity index (χ1) is 12.8. The summed E-state index contributed by atoms with van der Waals surface area (Å²) in [7, 11) is 1.58. The SMILES string of the molecule is CCC(F)[C@@H]1[C@H]2O[C@](C)(OC)C(C)(C)O[C@@H]2CN(C(=O)OC(C)(C)C)C12CC2. The van der Waals surface area contributed by atoms with Crippen LogP contribution in [0.4, 0.5) is 9.18 Å². The molecule has 3 rings (SSSR count). The fourth-order valence-electron chi connectivity index (χ4n) is 4.72. The molecule has 3 aliphatic rings. The second kappa shape index (κ2) is 6.81. The van der Waals surface area contributed by atoms with E-state index in [-0.39, 0.29) is 0 Å². The van der Waals surface area contributed by atoms with Gasteiger partial charge < -0.3 is 18.9 Å². The number of likely N-dealkylation sites (tertiary alicyclic amines) is 1. The van der Waals surface area contributed by atoms with Gasteiger partial charge >= 0.3 is 6.09 Å². The molecule has 2 aliphatic heterocycles. The van der Waals surface area contributed by atoms with Gasteiger partial charge in [-0.25, -0.2) is 9.18 Å². The lowest BCUT2D eigenvalue weighted by Crippen LogP contribution is -2.73. The van der Waals surface area contributed by atoms with E-state index in [0.717, 1.165) is 12.8 Å². The lowest BCUT2D eigenvalue weighted by molar-refractivity contribution is -0.399. The van der Waals surface area contributed by atoms with Gasteiger partial charge in [0.2, 0.25) is 0 Å². The lowest BCUT2D eigenvalue weighted by Gasteiger charge is -2.59. The van der Waals surface area contributed by atoms with E-state index in [0.29, 0.717) is 13.0 Å². The Bertz CT molecular complexity index is 614.